The summed E-state index contributed by atoms with van der Waals surface area (Å²) in [6.45, 7) is -0.170. The highest BCUT2D eigenvalue weighted by Gasteiger charge is 2.16. The number of methoxy groups -OCH3 is 2. The van der Waals surface area contributed by atoms with Gasteiger partial charge in [0.1, 0.15) is 23.9 Å². The molecule has 0 saturated carbocycles. The summed E-state index contributed by atoms with van der Waals surface area (Å²) in [4.78, 5) is 26.5. The van der Waals surface area contributed by atoms with Crippen LogP contribution < -0.4 is 14.8 Å². The minimum atomic E-state index is -0.427. The van der Waals surface area contributed by atoms with Crippen molar-refractivity contribution in [2.45, 2.75) is 6.54 Å². The van der Waals surface area contributed by atoms with Gasteiger partial charge in [-0.25, -0.2) is 4.39 Å². The molecule has 0 saturated heterocycles. The number of hydrogen-bond acceptors (Lipinski definition) is 7. The minimum Gasteiger partial charge on any atom is -0.497 e. The van der Waals surface area contributed by atoms with E-state index in [2.05, 4.69) is 20.7 Å². The highest BCUT2D eigenvalue weighted by atomic mass is 19.1. The molecule has 172 valence electrons. The SMILES string of the molecule is COc1cc(OC)cc(C(=O)Nc2ccccc2-c2nnn(CC(=O)c3ccc(F)cc3)n2)c1. The first-order chi connectivity index (χ1) is 16.5. The van der Waals surface area contributed by atoms with Gasteiger partial charge in [-0.2, -0.15) is 4.80 Å². The Balaban J connectivity index is 1.54. The van der Waals surface area contributed by atoms with Gasteiger partial charge in [0, 0.05) is 22.8 Å². The molecule has 0 bridgehead atoms. The first kappa shape index (κ1) is 22.6. The lowest BCUT2D eigenvalue weighted by atomic mass is 10.1. The predicted octanol–water partition coefficient (Wildman–Crippen LogP) is 3.63. The van der Waals surface area contributed by atoms with Gasteiger partial charge in [0.2, 0.25) is 5.82 Å². The Morgan fingerprint density at radius 2 is 1.62 bits per heavy atom. The Bertz CT molecular complexity index is 1320. The van der Waals surface area contributed by atoms with Gasteiger partial charge in [0.05, 0.1) is 19.9 Å². The van der Waals surface area contributed by atoms with E-state index in [4.69, 9.17) is 9.47 Å². The molecule has 0 atom stereocenters. The van der Waals surface area contributed by atoms with Crippen LogP contribution in [0.15, 0.2) is 66.7 Å². The molecule has 10 heteroatoms. The molecule has 0 unspecified atom stereocenters. The standard InChI is InChI=1S/C24H20FN5O4/c1-33-18-11-16(12-19(13-18)34-2)24(32)26-21-6-4-3-5-20(21)23-27-29-30(28-23)14-22(31)15-7-9-17(25)10-8-15/h3-13H,14H2,1-2H3,(H,26,32). The highest BCUT2D eigenvalue weighted by Crippen LogP contribution is 2.27. The Labute approximate surface area is 194 Å². The Morgan fingerprint density at radius 1 is 0.941 bits per heavy atom. The molecule has 0 aliphatic carbocycles. The van der Waals surface area contributed by atoms with Crippen LogP contribution in [-0.2, 0) is 6.54 Å². The summed E-state index contributed by atoms with van der Waals surface area (Å²) < 4.78 is 23.5. The summed E-state index contributed by atoms with van der Waals surface area (Å²) in [6.07, 6.45) is 0. The van der Waals surface area contributed by atoms with Gasteiger partial charge in [-0.3, -0.25) is 9.59 Å². The molecule has 34 heavy (non-hydrogen) atoms. The maximum atomic E-state index is 13.1. The second-order valence-electron chi connectivity index (χ2n) is 7.17. The monoisotopic (exact) mass is 461 g/mol. The number of benzene rings is 3. The van der Waals surface area contributed by atoms with E-state index in [-0.39, 0.29) is 24.1 Å². The van der Waals surface area contributed by atoms with Crippen molar-refractivity contribution in [1.29, 1.82) is 0 Å². The summed E-state index contributed by atoms with van der Waals surface area (Å²) in [5.74, 6) is 0.0808. The van der Waals surface area contributed by atoms with Gasteiger partial charge in [0.15, 0.2) is 5.78 Å². The van der Waals surface area contributed by atoms with Gasteiger partial charge in [0.25, 0.3) is 5.91 Å². The number of nitrogens with one attached hydrogen (secondary N) is 1. The molecular formula is C24H20FN5O4. The number of para-hydroxylation sites is 1. The number of aromatic nitrogens is 4. The van der Waals surface area contributed by atoms with Crippen molar-refractivity contribution in [2.24, 2.45) is 0 Å². The molecule has 0 spiro atoms. The van der Waals surface area contributed by atoms with Gasteiger partial charge in [-0.05, 0) is 53.7 Å². The van der Waals surface area contributed by atoms with Crippen LogP contribution in [0.2, 0.25) is 0 Å². The third kappa shape index (κ3) is 5.07. The molecule has 1 aromatic heterocycles. The molecule has 0 fully saturated rings. The number of ether oxygens (including phenoxy) is 2. The Hall–Kier alpha value is -4.60. The molecule has 0 aliphatic heterocycles. The number of anilines is 1. The zero-order chi connectivity index (χ0) is 24.1. The number of tetrazole rings is 1. The normalized spacial score (nSPS) is 10.6. The van der Waals surface area contributed by atoms with Crippen molar-refractivity contribution in [1.82, 2.24) is 20.2 Å². The maximum Gasteiger partial charge on any atom is 0.255 e. The van der Waals surface area contributed by atoms with Crippen molar-refractivity contribution in [3.63, 3.8) is 0 Å². The van der Waals surface area contributed by atoms with E-state index in [9.17, 15) is 14.0 Å². The maximum absolute atomic E-state index is 13.1. The van der Waals surface area contributed by atoms with Crippen LogP contribution in [0.1, 0.15) is 20.7 Å². The van der Waals surface area contributed by atoms with E-state index in [0.29, 0.717) is 33.9 Å². The average molecular weight is 461 g/mol. The molecule has 1 amide bonds. The van der Waals surface area contributed by atoms with E-state index < -0.39 is 5.82 Å². The van der Waals surface area contributed by atoms with Gasteiger partial charge >= 0.3 is 0 Å². The van der Waals surface area contributed by atoms with Crippen molar-refractivity contribution in [3.8, 4) is 22.9 Å². The summed E-state index contributed by atoms with van der Waals surface area (Å²) in [5, 5.41) is 15.1. The predicted molar refractivity (Wildman–Crippen MR) is 121 cm³/mol. The lowest BCUT2D eigenvalue weighted by molar-refractivity contribution is 0.0960. The lowest BCUT2D eigenvalue weighted by Crippen LogP contribution is -2.14. The summed E-state index contributed by atoms with van der Waals surface area (Å²) in [7, 11) is 3.00. The van der Waals surface area contributed by atoms with Gasteiger partial charge < -0.3 is 14.8 Å². The number of hydrogen-bond donors (Lipinski definition) is 1. The van der Waals surface area contributed by atoms with Crippen LogP contribution in [0.5, 0.6) is 11.5 Å². The zero-order valence-electron chi connectivity index (χ0n) is 18.4. The number of rotatable bonds is 8. The molecule has 4 rings (SSSR count). The van der Waals surface area contributed by atoms with Gasteiger partial charge in [-0.15, -0.1) is 10.2 Å². The number of carbonyl (C=O) groups excluding carboxylic acids is 2. The van der Waals surface area contributed by atoms with E-state index in [1.54, 1.807) is 42.5 Å². The summed E-state index contributed by atoms with van der Waals surface area (Å²) >= 11 is 0. The topological polar surface area (TPSA) is 108 Å². The smallest absolute Gasteiger partial charge is 0.255 e. The van der Waals surface area contributed by atoms with Crippen LogP contribution in [0.3, 0.4) is 0 Å². The molecular weight excluding hydrogens is 441 g/mol. The third-order valence-electron chi connectivity index (χ3n) is 4.93. The van der Waals surface area contributed by atoms with Crippen LogP contribution in [0, 0.1) is 5.82 Å². The Kier molecular flexibility index (Phi) is 6.58. The van der Waals surface area contributed by atoms with Crippen LogP contribution in [0.25, 0.3) is 11.4 Å². The third-order valence-corrected chi connectivity index (χ3v) is 4.93. The van der Waals surface area contributed by atoms with Crippen LogP contribution in [-0.4, -0.2) is 46.1 Å². The van der Waals surface area contributed by atoms with Crippen LogP contribution >= 0.6 is 0 Å². The minimum absolute atomic E-state index is 0.170. The van der Waals surface area contributed by atoms with E-state index >= 15 is 0 Å². The van der Waals surface area contributed by atoms with Crippen LogP contribution in [0.4, 0.5) is 10.1 Å². The molecule has 4 aromatic rings. The number of Topliss-reactive ketones (excluding diaryl/α,β-unsaturated/α-hetero) is 1. The fourth-order valence-corrected chi connectivity index (χ4v) is 3.19. The molecule has 0 aliphatic rings. The molecule has 1 heterocycles. The van der Waals surface area contributed by atoms with E-state index in [1.807, 2.05) is 0 Å². The Morgan fingerprint density at radius 3 is 2.29 bits per heavy atom. The second kappa shape index (κ2) is 9.90. The number of nitrogens with zero attached hydrogens (tertiary/aromatic N) is 4. The lowest BCUT2D eigenvalue weighted by Gasteiger charge is -2.11. The number of halogens is 1. The zero-order valence-corrected chi connectivity index (χ0v) is 18.4. The van der Waals surface area contributed by atoms with E-state index in [0.717, 1.165) is 4.80 Å². The molecule has 0 radical (unpaired) electrons. The first-order valence-corrected chi connectivity index (χ1v) is 10.2. The van der Waals surface area contributed by atoms with Crippen molar-refractivity contribution < 1.29 is 23.5 Å². The second-order valence-corrected chi connectivity index (χ2v) is 7.17. The quantitative estimate of drug-likeness (QED) is 0.399. The fourth-order valence-electron chi connectivity index (χ4n) is 3.19. The molecule has 1 N–H and O–H groups in total. The van der Waals surface area contributed by atoms with E-state index in [1.165, 1.54) is 38.5 Å². The average Bonchev–Trinajstić information content (AvgIpc) is 3.32. The molecule has 9 nitrogen and oxygen atoms in total. The van der Waals surface area contributed by atoms with Crippen molar-refractivity contribution in [2.75, 3.05) is 19.5 Å². The first-order valence-electron chi connectivity index (χ1n) is 10.2. The summed E-state index contributed by atoms with van der Waals surface area (Å²) in [5.41, 5.74) is 1.65. The number of carbonyl (C=O) groups is 2. The molecule has 3 aromatic carbocycles. The van der Waals surface area contributed by atoms with Gasteiger partial charge in [-0.1, -0.05) is 12.1 Å². The number of amides is 1. The highest BCUT2D eigenvalue weighted by molar-refractivity contribution is 6.06. The van der Waals surface area contributed by atoms with Crippen molar-refractivity contribution >= 4 is 17.4 Å². The van der Waals surface area contributed by atoms with Crippen molar-refractivity contribution in [3.05, 3.63) is 83.7 Å². The number of ketones is 1. The fraction of sp³-hybridized carbons (Fsp3) is 0.125. The largest absolute Gasteiger partial charge is 0.497 e. The summed E-state index contributed by atoms with van der Waals surface area (Å²) in [6, 6.07) is 17.0.